The molecule has 0 saturated carbocycles. The van der Waals surface area contributed by atoms with E-state index in [1.807, 2.05) is 19.9 Å². The van der Waals surface area contributed by atoms with Crippen molar-refractivity contribution in [1.29, 1.82) is 0 Å². The summed E-state index contributed by atoms with van der Waals surface area (Å²) in [4.78, 5) is 18.9. The molecular weight excluding hydrogens is 292 g/mol. The number of benzene rings is 1. The van der Waals surface area contributed by atoms with E-state index in [0.717, 1.165) is 12.0 Å². The highest BCUT2D eigenvalue weighted by Crippen LogP contribution is 2.34. The van der Waals surface area contributed by atoms with E-state index in [0.29, 0.717) is 17.1 Å². The van der Waals surface area contributed by atoms with Crippen LogP contribution in [-0.4, -0.2) is 21.4 Å². The van der Waals surface area contributed by atoms with Crippen LogP contribution in [0.25, 0.3) is 11.3 Å². The van der Waals surface area contributed by atoms with Gasteiger partial charge in [-0.3, -0.25) is 10.1 Å². The van der Waals surface area contributed by atoms with Crippen molar-refractivity contribution < 1.29 is 4.92 Å². The van der Waals surface area contributed by atoms with Gasteiger partial charge in [-0.25, -0.2) is 9.97 Å². The maximum atomic E-state index is 11.4. The normalized spacial score (nSPS) is 10.4. The summed E-state index contributed by atoms with van der Waals surface area (Å²) in [7, 11) is 0. The first-order chi connectivity index (χ1) is 10.0. The second kappa shape index (κ2) is 6.49. The third kappa shape index (κ3) is 3.28. The molecule has 2 aromatic rings. The molecule has 0 unspecified atom stereocenters. The number of aryl methyl sites for hydroxylation is 1. The topological polar surface area (TPSA) is 81.0 Å². The van der Waals surface area contributed by atoms with Crippen LogP contribution in [0.2, 0.25) is 5.02 Å². The largest absolute Gasteiger partial charge is 0.364 e. The molecule has 0 bridgehead atoms. The van der Waals surface area contributed by atoms with Crippen LogP contribution in [0.3, 0.4) is 0 Å². The number of nitrogens with zero attached hydrogens (tertiary/aromatic N) is 3. The van der Waals surface area contributed by atoms with Crippen molar-refractivity contribution >= 4 is 23.1 Å². The summed E-state index contributed by atoms with van der Waals surface area (Å²) in [6, 6.07) is 5.25. The van der Waals surface area contributed by atoms with E-state index in [2.05, 4.69) is 15.3 Å². The van der Waals surface area contributed by atoms with Crippen LogP contribution in [0.4, 0.5) is 11.5 Å². The molecule has 0 aliphatic heterocycles. The third-order valence-electron chi connectivity index (χ3n) is 2.99. The van der Waals surface area contributed by atoms with Crippen molar-refractivity contribution in [2.24, 2.45) is 0 Å². The van der Waals surface area contributed by atoms with Crippen molar-refractivity contribution in [2.75, 3.05) is 11.9 Å². The van der Waals surface area contributed by atoms with Gasteiger partial charge in [-0.1, -0.05) is 30.7 Å². The molecule has 21 heavy (non-hydrogen) atoms. The highest BCUT2D eigenvalue weighted by molar-refractivity contribution is 6.31. The lowest BCUT2D eigenvalue weighted by Crippen LogP contribution is -2.07. The molecule has 0 atom stereocenters. The van der Waals surface area contributed by atoms with E-state index < -0.39 is 4.92 Å². The fraction of sp³-hybridized carbons (Fsp3) is 0.286. The summed E-state index contributed by atoms with van der Waals surface area (Å²) in [5, 5.41) is 14.9. The molecule has 1 heterocycles. The molecule has 7 heteroatoms. The molecule has 0 saturated heterocycles. The van der Waals surface area contributed by atoms with E-state index in [4.69, 9.17) is 11.6 Å². The monoisotopic (exact) mass is 306 g/mol. The lowest BCUT2D eigenvalue weighted by Gasteiger charge is -2.08. The average Bonchev–Trinajstić information content (AvgIpc) is 2.47. The standard InChI is InChI=1S/C14H15ClN4O2/c1-3-6-16-14-13(19(20)21)12(17-8-18-14)10-5-4-9(2)11(15)7-10/h4-5,7-8H,3,6H2,1-2H3,(H,16,17,18). The molecule has 0 amide bonds. The number of rotatable bonds is 5. The van der Waals surface area contributed by atoms with Gasteiger partial charge in [0.15, 0.2) is 5.69 Å². The first-order valence-corrected chi connectivity index (χ1v) is 6.92. The number of nitro groups is 1. The van der Waals surface area contributed by atoms with Gasteiger partial charge in [-0.05, 0) is 25.0 Å². The first kappa shape index (κ1) is 15.2. The molecule has 0 radical (unpaired) electrons. The minimum atomic E-state index is -0.471. The molecular formula is C14H15ClN4O2. The minimum absolute atomic E-state index is 0.133. The first-order valence-electron chi connectivity index (χ1n) is 6.54. The Bertz CT molecular complexity index is 676. The van der Waals surface area contributed by atoms with Gasteiger partial charge < -0.3 is 5.32 Å². The van der Waals surface area contributed by atoms with Crippen LogP contribution in [-0.2, 0) is 0 Å². The molecule has 0 fully saturated rings. The highest BCUT2D eigenvalue weighted by Gasteiger charge is 2.23. The second-order valence-corrected chi connectivity index (χ2v) is 4.97. The zero-order valence-corrected chi connectivity index (χ0v) is 12.5. The molecule has 1 aromatic heterocycles. The summed E-state index contributed by atoms with van der Waals surface area (Å²) in [5.41, 5.74) is 1.63. The summed E-state index contributed by atoms with van der Waals surface area (Å²) < 4.78 is 0. The van der Waals surface area contributed by atoms with E-state index in [1.165, 1.54) is 6.33 Å². The Morgan fingerprint density at radius 1 is 1.38 bits per heavy atom. The average molecular weight is 307 g/mol. The number of anilines is 1. The fourth-order valence-corrected chi connectivity index (χ4v) is 2.06. The Morgan fingerprint density at radius 2 is 2.14 bits per heavy atom. The zero-order valence-electron chi connectivity index (χ0n) is 11.8. The molecule has 1 N–H and O–H groups in total. The van der Waals surface area contributed by atoms with Crippen LogP contribution >= 0.6 is 11.6 Å². The van der Waals surface area contributed by atoms with Crippen molar-refractivity contribution in [3.63, 3.8) is 0 Å². The second-order valence-electron chi connectivity index (χ2n) is 4.57. The van der Waals surface area contributed by atoms with Gasteiger partial charge in [-0.15, -0.1) is 0 Å². The Labute approximate surface area is 127 Å². The Hall–Kier alpha value is -2.21. The number of hydrogen-bond acceptors (Lipinski definition) is 5. The van der Waals surface area contributed by atoms with Gasteiger partial charge in [0, 0.05) is 17.1 Å². The highest BCUT2D eigenvalue weighted by atomic mass is 35.5. The van der Waals surface area contributed by atoms with Crippen molar-refractivity contribution in [3.05, 3.63) is 45.2 Å². The number of halogens is 1. The number of aromatic nitrogens is 2. The van der Waals surface area contributed by atoms with Crippen LogP contribution in [0.5, 0.6) is 0 Å². The van der Waals surface area contributed by atoms with Gasteiger partial charge >= 0.3 is 5.69 Å². The quantitative estimate of drug-likeness (QED) is 0.670. The van der Waals surface area contributed by atoms with Crippen molar-refractivity contribution in [1.82, 2.24) is 9.97 Å². The van der Waals surface area contributed by atoms with E-state index in [9.17, 15) is 10.1 Å². The van der Waals surface area contributed by atoms with Crippen LogP contribution in [0.1, 0.15) is 18.9 Å². The van der Waals surface area contributed by atoms with Gasteiger partial charge in [0.25, 0.3) is 0 Å². The summed E-state index contributed by atoms with van der Waals surface area (Å²) in [6.45, 7) is 4.45. The van der Waals surface area contributed by atoms with E-state index in [1.54, 1.807) is 12.1 Å². The Morgan fingerprint density at radius 3 is 2.76 bits per heavy atom. The predicted octanol–water partition coefficient (Wildman–Crippen LogP) is 3.84. The molecule has 0 spiro atoms. The molecule has 2 rings (SSSR count). The summed E-state index contributed by atoms with van der Waals surface area (Å²) in [6.07, 6.45) is 2.15. The van der Waals surface area contributed by atoms with E-state index >= 15 is 0 Å². The molecule has 0 aliphatic rings. The number of hydrogen-bond donors (Lipinski definition) is 1. The molecule has 1 aromatic carbocycles. The van der Waals surface area contributed by atoms with Crippen LogP contribution in [0, 0.1) is 17.0 Å². The SMILES string of the molecule is CCCNc1ncnc(-c2ccc(C)c(Cl)c2)c1[N+](=O)[O-]. The number of nitrogens with one attached hydrogen (secondary N) is 1. The van der Waals surface area contributed by atoms with Gasteiger partial charge in [-0.2, -0.15) is 0 Å². The van der Waals surface area contributed by atoms with Crippen LogP contribution in [0.15, 0.2) is 24.5 Å². The molecule has 110 valence electrons. The zero-order chi connectivity index (χ0) is 15.4. The third-order valence-corrected chi connectivity index (χ3v) is 3.40. The fourth-order valence-electron chi connectivity index (χ4n) is 1.88. The Kier molecular flexibility index (Phi) is 4.70. The van der Waals surface area contributed by atoms with Gasteiger partial charge in [0.05, 0.1) is 4.92 Å². The molecule has 0 aliphatic carbocycles. The lowest BCUT2D eigenvalue weighted by atomic mass is 10.1. The smallest absolute Gasteiger partial charge is 0.337 e. The lowest BCUT2D eigenvalue weighted by molar-refractivity contribution is -0.383. The maximum absolute atomic E-state index is 11.4. The van der Waals surface area contributed by atoms with Gasteiger partial charge in [0.1, 0.15) is 6.33 Å². The molecule has 6 nitrogen and oxygen atoms in total. The summed E-state index contributed by atoms with van der Waals surface area (Å²) in [5.74, 6) is 0.226. The van der Waals surface area contributed by atoms with Crippen molar-refractivity contribution in [3.8, 4) is 11.3 Å². The summed E-state index contributed by atoms with van der Waals surface area (Å²) >= 11 is 6.09. The minimum Gasteiger partial charge on any atom is -0.364 e. The van der Waals surface area contributed by atoms with Crippen molar-refractivity contribution in [2.45, 2.75) is 20.3 Å². The predicted molar refractivity (Wildman–Crippen MR) is 82.7 cm³/mol. The van der Waals surface area contributed by atoms with E-state index in [-0.39, 0.29) is 17.2 Å². The van der Waals surface area contributed by atoms with Gasteiger partial charge in [0.2, 0.25) is 5.82 Å². The van der Waals surface area contributed by atoms with Crippen LogP contribution < -0.4 is 5.32 Å². The Balaban J connectivity index is 2.56. The maximum Gasteiger partial charge on any atom is 0.337 e.